The summed E-state index contributed by atoms with van der Waals surface area (Å²) >= 11 is 0. The maximum absolute atomic E-state index is 5.52. The molecular formula is C52H34N2. The Morgan fingerprint density at radius 3 is 1.81 bits per heavy atom. The predicted molar refractivity (Wildman–Crippen MR) is 225 cm³/mol. The van der Waals surface area contributed by atoms with E-state index in [1.807, 2.05) is 0 Å². The first-order valence-electron chi connectivity index (χ1n) is 18.7. The van der Waals surface area contributed by atoms with Crippen LogP contribution in [0.5, 0.6) is 0 Å². The van der Waals surface area contributed by atoms with Crippen LogP contribution in [-0.4, -0.2) is 9.55 Å². The molecule has 0 aliphatic heterocycles. The molecule has 8 aromatic carbocycles. The first-order chi connectivity index (χ1) is 26.8. The van der Waals surface area contributed by atoms with Crippen molar-refractivity contribution in [3.63, 3.8) is 0 Å². The lowest BCUT2D eigenvalue weighted by Crippen LogP contribution is -2.04. The summed E-state index contributed by atoms with van der Waals surface area (Å²) < 4.78 is 2.38. The van der Waals surface area contributed by atoms with Crippen molar-refractivity contribution < 1.29 is 0 Å². The predicted octanol–water partition coefficient (Wildman–Crippen LogP) is 13.5. The molecule has 0 amide bonds. The molecule has 2 aromatic heterocycles. The third kappa shape index (κ3) is 4.84. The monoisotopic (exact) mass is 686 g/mol. The number of para-hydroxylation sites is 2. The third-order valence-electron chi connectivity index (χ3n) is 11.3. The van der Waals surface area contributed by atoms with Gasteiger partial charge in [-0.3, -0.25) is 4.98 Å². The van der Waals surface area contributed by atoms with Gasteiger partial charge in [-0.25, -0.2) is 0 Å². The number of aromatic nitrogens is 2. The van der Waals surface area contributed by atoms with Crippen molar-refractivity contribution in [3.05, 3.63) is 217 Å². The fraction of sp³-hybridized carbons (Fsp3) is 0.0192. The minimum Gasteiger partial charge on any atom is -0.309 e. The highest BCUT2D eigenvalue weighted by Gasteiger charge is 2.32. The second kappa shape index (κ2) is 12.3. The smallest absolute Gasteiger partial charge is 0.0784 e. The normalized spacial score (nSPS) is 13.4. The molecule has 1 atom stereocenters. The SMILES string of the molecule is c1ccc(-c2ccc(-c3nc(C4c5ccccc5-c5cc(-c6ccc7c(c6)c6ccccc6n7-c6ccccc6)ccc54)cc4ccccc34)cc2)cc1. The molecule has 1 aliphatic carbocycles. The van der Waals surface area contributed by atoms with E-state index in [9.17, 15) is 0 Å². The van der Waals surface area contributed by atoms with Gasteiger partial charge in [-0.2, -0.15) is 0 Å². The van der Waals surface area contributed by atoms with Gasteiger partial charge in [-0.05, 0) is 92.4 Å². The van der Waals surface area contributed by atoms with Crippen molar-refractivity contribution in [1.82, 2.24) is 9.55 Å². The van der Waals surface area contributed by atoms with Crippen molar-refractivity contribution in [2.45, 2.75) is 5.92 Å². The van der Waals surface area contributed by atoms with Gasteiger partial charge in [0.05, 0.1) is 28.3 Å². The maximum atomic E-state index is 5.52. The quantitative estimate of drug-likeness (QED) is 0.176. The number of rotatable bonds is 5. The van der Waals surface area contributed by atoms with E-state index in [1.54, 1.807) is 0 Å². The molecule has 2 nitrogen and oxygen atoms in total. The van der Waals surface area contributed by atoms with Crippen LogP contribution in [0.4, 0.5) is 0 Å². The van der Waals surface area contributed by atoms with Crippen molar-refractivity contribution in [3.8, 4) is 50.3 Å². The Morgan fingerprint density at radius 1 is 0.370 bits per heavy atom. The molecule has 0 fully saturated rings. The molecule has 2 heterocycles. The second-order valence-electron chi connectivity index (χ2n) is 14.3. The molecule has 11 rings (SSSR count). The van der Waals surface area contributed by atoms with E-state index in [2.05, 4.69) is 205 Å². The Labute approximate surface area is 314 Å². The second-order valence-corrected chi connectivity index (χ2v) is 14.3. The fourth-order valence-electron chi connectivity index (χ4n) is 8.75. The molecule has 0 N–H and O–H groups in total. The maximum Gasteiger partial charge on any atom is 0.0784 e. The van der Waals surface area contributed by atoms with E-state index in [1.165, 1.54) is 82.8 Å². The zero-order valence-electron chi connectivity index (χ0n) is 29.5. The van der Waals surface area contributed by atoms with Crippen LogP contribution in [0, 0.1) is 0 Å². The van der Waals surface area contributed by atoms with E-state index < -0.39 is 0 Å². The Bertz CT molecular complexity index is 3030. The van der Waals surface area contributed by atoms with Gasteiger partial charge in [0.15, 0.2) is 0 Å². The zero-order valence-corrected chi connectivity index (χ0v) is 29.5. The van der Waals surface area contributed by atoms with Gasteiger partial charge in [0.2, 0.25) is 0 Å². The number of pyridine rings is 1. The summed E-state index contributed by atoms with van der Waals surface area (Å²) in [5, 5.41) is 4.89. The highest BCUT2D eigenvalue weighted by Crippen LogP contribution is 2.50. The van der Waals surface area contributed by atoms with E-state index in [0.717, 1.165) is 17.0 Å². The van der Waals surface area contributed by atoms with E-state index in [4.69, 9.17) is 4.98 Å². The van der Waals surface area contributed by atoms with Crippen LogP contribution in [0.15, 0.2) is 200 Å². The number of fused-ring (bicyclic) bond motifs is 7. The zero-order chi connectivity index (χ0) is 35.6. The van der Waals surface area contributed by atoms with E-state index in [-0.39, 0.29) is 5.92 Å². The van der Waals surface area contributed by atoms with Crippen LogP contribution in [0.1, 0.15) is 22.7 Å². The summed E-state index contributed by atoms with van der Waals surface area (Å²) in [6, 6.07) is 72.7. The van der Waals surface area contributed by atoms with Crippen molar-refractivity contribution >= 4 is 32.6 Å². The van der Waals surface area contributed by atoms with Crippen molar-refractivity contribution in [2.24, 2.45) is 0 Å². The van der Waals surface area contributed by atoms with E-state index in [0.29, 0.717) is 0 Å². The lowest BCUT2D eigenvalue weighted by molar-refractivity contribution is 0.954. The van der Waals surface area contributed by atoms with Crippen LogP contribution in [-0.2, 0) is 0 Å². The summed E-state index contributed by atoms with van der Waals surface area (Å²) in [4.78, 5) is 5.52. The van der Waals surface area contributed by atoms with Gasteiger partial charge in [-0.1, -0.05) is 158 Å². The van der Waals surface area contributed by atoms with Gasteiger partial charge in [-0.15, -0.1) is 0 Å². The molecule has 1 aliphatic rings. The molecular weight excluding hydrogens is 653 g/mol. The van der Waals surface area contributed by atoms with Crippen LogP contribution < -0.4 is 0 Å². The number of hydrogen-bond donors (Lipinski definition) is 0. The molecule has 0 bridgehead atoms. The molecule has 2 heteroatoms. The molecule has 10 aromatic rings. The average molecular weight is 687 g/mol. The third-order valence-corrected chi connectivity index (χ3v) is 11.3. The Balaban J connectivity index is 1.04. The number of benzene rings is 8. The Kier molecular flexibility index (Phi) is 6.96. The van der Waals surface area contributed by atoms with Crippen LogP contribution in [0.25, 0.3) is 82.9 Å². The molecule has 0 radical (unpaired) electrons. The van der Waals surface area contributed by atoms with Crippen LogP contribution >= 0.6 is 0 Å². The fourth-order valence-corrected chi connectivity index (χ4v) is 8.75. The molecule has 54 heavy (non-hydrogen) atoms. The number of hydrogen-bond acceptors (Lipinski definition) is 1. The summed E-state index contributed by atoms with van der Waals surface area (Å²) in [5.41, 5.74) is 16.8. The minimum atomic E-state index is 0.0310. The van der Waals surface area contributed by atoms with Gasteiger partial charge < -0.3 is 4.57 Å². The topological polar surface area (TPSA) is 17.8 Å². The molecule has 0 saturated heterocycles. The summed E-state index contributed by atoms with van der Waals surface area (Å²) in [5.74, 6) is 0.0310. The molecule has 1 unspecified atom stereocenters. The highest BCUT2D eigenvalue weighted by atomic mass is 15.0. The average Bonchev–Trinajstić information content (AvgIpc) is 3.76. The lowest BCUT2D eigenvalue weighted by atomic mass is 9.90. The van der Waals surface area contributed by atoms with Gasteiger partial charge in [0.1, 0.15) is 0 Å². The van der Waals surface area contributed by atoms with Crippen LogP contribution in [0.2, 0.25) is 0 Å². The highest BCUT2D eigenvalue weighted by molar-refractivity contribution is 6.10. The van der Waals surface area contributed by atoms with Gasteiger partial charge >= 0.3 is 0 Å². The van der Waals surface area contributed by atoms with Crippen LogP contribution in [0.3, 0.4) is 0 Å². The summed E-state index contributed by atoms with van der Waals surface area (Å²) in [6.07, 6.45) is 0. The van der Waals surface area contributed by atoms with Crippen molar-refractivity contribution in [2.75, 3.05) is 0 Å². The first kappa shape index (κ1) is 30.6. The molecule has 0 spiro atoms. The Morgan fingerprint density at radius 2 is 0.963 bits per heavy atom. The Hall–Kier alpha value is -7.03. The summed E-state index contributed by atoms with van der Waals surface area (Å²) in [6.45, 7) is 0. The first-order valence-corrected chi connectivity index (χ1v) is 18.7. The number of nitrogens with zero attached hydrogens (tertiary/aromatic N) is 2. The largest absolute Gasteiger partial charge is 0.309 e. The summed E-state index contributed by atoms with van der Waals surface area (Å²) in [7, 11) is 0. The lowest BCUT2D eigenvalue weighted by Gasteiger charge is -2.17. The standard InChI is InChI=1S/C52H34N2/c1-3-13-34(14-4-1)35-23-25-36(26-24-35)52-41-18-8-7-15-39(41)33-48(53-52)51-44-21-10-9-19-42(44)46-31-37(27-29-45(46)51)38-28-30-50-47(32-38)43-20-11-12-22-49(43)54(50)40-16-5-2-6-17-40/h1-33,51H. The minimum absolute atomic E-state index is 0.0310. The van der Waals surface area contributed by atoms with Gasteiger partial charge in [0.25, 0.3) is 0 Å². The molecule has 0 saturated carbocycles. The van der Waals surface area contributed by atoms with Crippen molar-refractivity contribution in [1.29, 1.82) is 0 Å². The van der Waals surface area contributed by atoms with E-state index >= 15 is 0 Å². The van der Waals surface area contributed by atoms with Gasteiger partial charge in [0, 0.05) is 27.4 Å². The molecule has 252 valence electrons.